The standard InChI is InChI=1S/C15H14N2O5S2/c1-20-11-4-3-10(9-13(11)21-2)17-24(18,19)15-6-5-14(23-15)12-7-8-16-22-12/h3-9,17H,1-2H3. The highest BCUT2D eigenvalue weighted by Gasteiger charge is 2.19. The number of sulfonamides is 1. The van der Waals surface area contributed by atoms with Crippen LogP contribution in [0.15, 0.2) is 51.3 Å². The van der Waals surface area contributed by atoms with Gasteiger partial charge in [0.15, 0.2) is 17.3 Å². The van der Waals surface area contributed by atoms with Crippen molar-refractivity contribution in [1.82, 2.24) is 5.16 Å². The van der Waals surface area contributed by atoms with Crippen LogP contribution in [0.4, 0.5) is 5.69 Å². The van der Waals surface area contributed by atoms with Crippen LogP contribution < -0.4 is 14.2 Å². The predicted octanol–water partition coefficient (Wildman–Crippen LogP) is 3.22. The van der Waals surface area contributed by atoms with Crippen molar-refractivity contribution in [3.63, 3.8) is 0 Å². The predicted molar refractivity (Wildman–Crippen MR) is 90.2 cm³/mol. The second-order valence-corrected chi connectivity index (χ2v) is 7.66. The fourth-order valence-corrected chi connectivity index (χ4v) is 4.36. The lowest BCUT2D eigenvalue weighted by Gasteiger charge is -2.11. The number of benzene rings is 1. The van der Waals surface area contributed by atoms with E-state index in [1.54, 1.807) is 30.3 Å². The molecule has 0 fully saturated rings. The summed E-state index contributed by atoms with van der Waals surface area (Å²) in [5.41, 5.74) is 0.377. The molecular formula is C15H14N2O5S2. The van der Waals surface area contributed by atoms with E-state index < -0.39 is 10.0 Å². The quantitative estimate of drug-likeness (QED) is 0.720. The molecule has 1 aromatic carbocycles. The maximum atomic E-state index is 12.5. The summed E-state index contributed by atoms with van der Waals surface area (Å²) in [4.78, 5) is 0.681. The van der Waals surface area contributed by atoms with Crippen molar-refractivity contribution in [3.05, 3.63) is 42.6 Å². The van der Waals surface area contributed by atoms with E-state index in [1.807, 2.05) is 0 Å². The molecule has 0 spiro atoms. The number of nitrogens with zero attached hydrogens (tertiary/aromatic N) is 1. The fraction of sp³-hybridized carbons (Fsp3) is 0.133. The molecule has 2 aromatic heterocycles. The maximum Gasteiger partial charge on any atom is 0.271 e. The largest absolute Gasteiger partial charge is 0.493 e. The Morgan fingerprint density at radius 3 is 2.54 bits per heavy atom. The molecule has 9 heteroatoms. The molecule has 0 saturated carbocycles. The van der Waals surface area contributed by atoms with E-state index in [4.69, 9.17) is 14.0 Å². The summed E-state index contributed by atoms with van der Waals surface area (Å²) in [5, 5.41) is 3.61. The first-order valence-corrected chi connectivity index (χ1v) is 9.09. The highest BCUT2D eigenvalue weighted by Crippen LogP contribution is 2.33. The Morgan fingerprint density at radius 1 is 1.08 bits per heavy atom. The zero-order valence-electron chi connectivity index (χ0n) is 12.8. The topological polar surface area (TPSA) is 90.7 Å². The molecule has 0 bridgehead atoms. The molecule has 2 heterocycles. The lowest BCUT2D eigenvalue weighted by atomic mass is 10.3. The average molecular weight is 366 g/mol. The SMILES string of the molecule is COc1ccc(NS(=O)(=O)c2ccc(-c3ccno3)s2)cc1OC. The van der Waals surface area contributed by atoms with Crippen LogP contribution in [0, 0.1) is 0 Å². The van der Waals surface area contributed by atoms with Gasteiger partial charge in [0.25, 0.3) is 10.0 Å². The molecule has 0 aliphatic rings. The number of methoxy groups -OCH3 is 2. The lowest BCUT2D eigenvalue weighted by molar-refractivity contribution is 0.355. The van der Waals surface area contributed by atoms with Crippen molar-refractivity contribution in [2.75, 3.05) is 18.9 Å². The zero-order chi connectivity index (χ0) is 17.2. The second-order valence-electron chi connectivity index (χ2n) is 4.67. The lowest BCUT2D eigenvalue weighted by Crippen LogP contribution is -2.11. The third-order valence-corrected chi connectivity index (χ3v) is 6.14. The third kappa shape index (κ3) is 3.22. The molecule has 3 rings (SSSR count). The van der Waals surface area contributed by atoms with Crippen LogP contribution in [0.3, 0.4) is 0 Å². The summed E-state index contributed by atoms with van der Waals surface area (Å²) >= 11 is 1.09. The van der Waals surface area contributed by atoms with E-state index in [9.17, 15) is 8.42 Å². The first kappa shape index (κ1) is 16.3. The Hall–Kier alpha value is -2.52. The molecule has 0 unspecified atom stereocenters. The summed E-state index contributed by atoms with van der Waals surface area (Å²) in [5.74, 6) is 1.47. The maximum absolute atomic E-state index is 12.5. The van der Waals surface area contributed by atoms with E-state index in [2.05, 4.69) is 9.88 Å². The van der Waals surface area contributed by atoms with E-state index in [0.29, 0.717) is 27.8 Å². The highest BCUT2D eigenvalue weighted by molar-refractivity contribution is 7.94. The van der Waals surface area contributed by atoms with Gasteiger partial charge >= 0.3 is 0 Å². The molecule has 126 valence electrons. The molecule has 1 N–H and O–H groups in total. The number of ether oxygens (including phenoxy) is 2. The molecule has 0 amide bonds. The normalized spacial score (nSPS) is 11.2. The van der Waals surface area contributed by atoms with Crippen LogP contribution in [-0.2, 0) is 10.0 Å². The molecular weight excluding hydrogens is 352 g/mol. The van der Waals surface area contributed by atoms with Gasteiger partial charge in [-0.25, -0.2) is 8.42 Å². The summed E-state index contributed by atoms with van der Waals surface area (Å²) in [6.45, 7) is 0. The van der Waals surface area contributed by atoms with Gasteiger partial charge in [-0.2, -0.15) is 0 Å². The summed E-state index contributed by atoms with van der Waals surface area (Å²) in [6, 6.07) is 9.65. The number of anilines is 1. The van der Waals surface area contributed by atoms with Gasteiger partial charge < -0.3 is 14.0 Å². The zero-order valence-corrected chi connectivity index (χ0v) is 14.5. The van der Waals surface area contributed by atoms with Crippen LogP contribution in [0.5, 0.6) is 11.5 Å². The molecule has 0 aliphatic carbocycles. The van der Waals surface area contributed by atoms with Gasteiger partial charge in [-0.3, -0.25) is 4.72 Å². The summed E-state index contributed by atoms with van der Waals surface area (Å²) in [6.07, 6.45) is 1.51. The minimum absolute atomic E-state index is 0.170. The Balaban J connectivity index is 1.86. The van der Waals surface area contributed by atoms with Gasteiger partial charge in [0.2, 0.25) is 0 Å². The van der Waals surface area contributed by atoms with Crippen LogP contribution in [-0.4, -0.2) is 27.8 Å². The fourth-order valence-electron chi connectivity index (χ4n) is 2.05. The number of nitrogens with one attached hydrogen (secondary N) is 1. The van der Waals surface area contributed by atoms with E-state index in [1.165, 1.54) is 26.5 Å². The summed E-state index contributed by atoms with van der Waals surface area (Å²) in [7, 11) is -0.721. The van der Waals surface area contributed by atoms with Crippen LogP contribution in [0.1, 0.15) is 0 Å². The van der Waals surface area contributed by atoms with Gasteiger partial charge in [0.1, 0.15) is 4.21 Å². The van der Waals surface area contributed by atoms with E-state index in [0.717, 1.165) is 11.3 Å². The van der Waals surface area contributed by atoms with Crippen molar-refractivity contribution in [1.29, 1.82) is 0 Å². The Kier molecular flexibility index (Phi) is 4.45. The molecule has 0 aliphatic heterocycles. The number of hydrogen-bond acceptors (Lipinski definition) is 7. The molecule has 3 aromatic rings. The van der Waals surface area contributed by atoms with Crippen molar-refractivity contribution in [3.8, 4) is 22.1 Å². The van der Waals surface area contributed by atoms with Gasteiger partial charge in [-0.15, -0.1) is 11.3 Å². The molecule has 24 heavy (non-hydrogen) atoms. The van der Waals surface area contributed by atoms with Gasteiger partial charge in [-0.05, 0) is 24.3 Å². The smallest absolute Gasteiger partial charge is 0.271 e. The molecule has 0 saturated heterocycles. The minimum Gasteiger partial charge on any atom is -0.493 e. The van der Waals surface area contributed by atoms with Crippen molar-refractivity contribution < 1.29 is 22.4 Å². The van der Waals surface area contributed by atoms with E-state index in [-0.39, 0.29) is 4.21 Å². The van der Waals surface area contributed by atoms with Crippen molar-refractivity contribution in [2.45, 2.75) is 4.21 Å². The number of aromatic nitrogens is 1. The highest BCUT2D eigenvalue weighted by atomic mass is 32.2. The van der Waals surface area contributed by atoms with Gasteiger partial charge in [0, 0.05) is 12.1 Å². The Morgan fingerprint density at radius 2 is 1.88 bits per heavy atom. The van der Waals surface area contributed by atoms with E-state index >= 15 is 0 Å². The number of hydrogen-bond donors (Lipinski definition) is 1. The van der Waals surface area contributed by atoms with Crippen LogP contribution in [0.2, 0.25) is 0 Å². The number of thiophene rings is 1. The molecule has 7 nitrogen and oxygen atoms in total. The van der Waals surface area contributed by atoms with Crippen LogP contribution >= 0.6 is 11.3 Å². The van der Waals surface area contributed by atoms with Gasteiger partial charge in [-0.1, -0.05) is 5.16 Å². The number of rotatable bonds is 6. The van der Waals surface area contributed by atoms with Crippen LogP contribution in [0.25, 0.3) is 10.6 Å². The first-order chi connectivity index (χ1) is 11.5. The first-order valence-electron chi connectivity index (χ1n) is 6.79. The Labute approximate surface area is 142 Å². The second kappa shape index (κ2) is 6.54. The molecule has 0 radical (unpaired) electrons. The molecule has 0 atom stereocenters. The monoisotopic (exact) mass is 366 g/mol. The van der Waals surface area contributed by atoms with Gasteiger partial charge in [0.05, 0.1) is 31.0 Å². The minimum atomic E-state index is -3.72. The Bertz CT molecular complexity index is 933. The van der Waals surface area contributed by atoms with Crippen molar-refractivity contribution >= 4 is 27.0 Å². The third-order valence-electron chi connectivity index (χ3n) is 3.16. The average Bonchev–Trinajstić information content (AvgIpc) is 3.25. The van der Waals surface area contributed by atoms with Crippen molar-refractivity contribution in [2.24, 2.45) is 0 Å². The summed E-state index contributed by atoms with van der Waals surface area (Å²) < 4.78 is 43.1.